The van der Waals surface area contributed by atoms with E-state index in [1.165, 1.54) is 22.0 Å². The molecule has 3 rings (SSSR count). The van der Waals surface area contributed by atoms with Gasteiger partial charge in [0.2, 0.25) is 5.91 Å². The first-order chi connectivity index (χ1) is 14.0. The molecule has 1 fully saturated rings. The highest BCUT2D eigenvalue weighted by atomic mass is 127. The van der Waals surface area contributed by atoms with Crippen molar-refractivity contribution < 1.29 is 4.79 Å². The molecule has 1 aliphatic rings. The van der Waals surface area contributed by atoms with Gasteiger partial charge in [-0.1, -0.05) is 39.0 Å². The number of benzene rings is 1. The highest BCUT2D eigenvalue weighted by molar-refractivity contribution is 14.0. The van der Waals surface area contributed by atoms with E-state index >= 15 is 0 Å². The third-order valence-electron chi connectivity index (χ3n) is 5.82. The fourth-order valence-electron chi connectivity index (χ4n) is 4.09. The average molecular weight is 525 g/mol. The number of guanidine groups is 1. The second-order valence-electron chi connectivity index (χ2n) is 8.15. The Morgan fingerprint density at radius 1 is 1.27 bits per heavy atom. The van der Waals surface area contributed by atoms with Gasteiger partial charge in [-0.3, -0.25) is 9.79 Å². The molecule has 0 spiro atoms. The van der Waals surface area contributed by atoms with E-state index in [1.54, 1.807) is 0 Å². The summed E-state index contributed by atoms with van der Waals surface area (Å²) in [4.78, 5) is 21.9. The van der Waals surface area contributed by atoms with E-state index in [0.29, 0.717) is 6.04 Å². The third-order valence-corrected chi connectivity index (χ3v) is 5.82. The number of likely N-dealkylation sites (tertiary alicyclic amines) is 1. The van der Waals surface area contributed by atoms with Gasteiger partial charge in [-0.15, -0.1) is 24.0 Å². The van der Waals surface area contributed by atoms with Crippen molar-refractivity contribution in [2.45, 2.75) is 52.5 Å². The Labute approximate surface area is 197 Å². The molecular weight excluding hydrogens is 489 g/mol. The van der Waals surface area contributed by atoms with E-state index in [4.69, 9.17) is 0 Å². The minimum absolute atomic E-state index is 0. The molecule has 6 nitrogen and oxygen atoms in total. The van der Waals surface area contributed by atoms with Crippen molar-refractivity contribution in [3.05, 3.63) is 35.5 Å². The molecule has 2 aromatic rings. The normalized spacial score (nSPS) is 15.4. The maximum Gasteiger partial charge on any atom is 0.225 e. The summed E-state index contributed by atoms with van der Waals surface area (Å²) in [6.07, 6.45) is 6.02. The van der Waals surface area contributed by atoms with Crippen LogP contribution < -0.4 is 10.6 Å². The number of nitrogens with zero attached hydrogens (tertiary/aromatic N) is 2. The summed E-state index contributed by atoms with van der Waals surface area (Å²) in [5.41, 5.74) is 3.95. The quantitative estimate of drug-likeness (QED) is 0.306. The summed E-state index contributed by atoms with van der Waals surface area (Å²) < 4.78 is 0. The molecule has 1 aromatic heterocycles. The Bertz CT molecular complexity index is 852. The Morgan fingerprint density at radius 3 is 2.63 bits per heavy atom. The van der Waals surface area contributed by atoms with Crippen LogP contribution in [-0.2, 0) is 17.6 Å². The van der Waals surface area contributed by atoms with Crippen molar-refractivity contribution >= 4 is 46.7 Å². The summed E-state index contributed by atoms with van der Waals surface area (Å²) in [6.45, 7) is 8.59. The second kappa shape index (κ2) is 11.6. The molecule has 30 heavy (non-hydrogen) atoms. The SMILES string of the molecule is CCc1cccc2c(CCNC(=NC)NC3CCN(C(=O)C(C)C)CC3)c[nH]c12.I. The lowest BCUT2D eigenvalue weighted by Crippen LogP contribution is -2.50. The maximum absolute atomic E-state index is 12.1. The number of aryl methyl sites for hydroxylation is 1. The maximum atomic E-state index is 12.1. The minimum Gasteiger partial charge on any atom is -0.361 e. The lowest BCUT2D eigenvalue weighted by Gasteiger charge is -2.34. The first-order valence-corrected chi connectivity index (χ1v) is 10.9. The highest BCUT2D eigenvalue weighted by Crippen LogP contribution is 2.22. The van der Waals surface area contributed by atoms with Crippen LogP contribution >= 0.6 is 24.0 Å². The van der Waals surface area contributed by atoms with E-state index in [0.717, 1.165) is 51.3 Å². The van der Waals surface area contributed by atoms with Gasteiger partial charge in [0.05, 0.1) is 0 Å². The highest BCUT2D eigenvalue weighted by Gasteiger charge is 2.24. The number of nitrogens with one attached hydrogen (secondary N) is 3. The van der Waals surface area contributed by atoms with Gasteiger partial charge in [-0.25, -0.2) is 0 Å². The van der Waals surface area contributed by atoms with Crippen molar-refractivity contribution in [3.63, 3.8) is 0 Å². The van der Waals surface area contributed by atoms with Crippen molar-refractivity contribution in [2.75, 3.05) is 26.7 Å². The van der Waals surface area contributed by atoms with Crippen LogP contribution in [0.2, 0.25) is 0 Å². The largest absolute Gasteiger partial charge is 0.361 e. The van der Waals surface area contributed by atoms with Gasteiger partial charge >= 0.3 is 0 Å². The number of halogens is 1. The molecule has 0 aliphatic carbocycles. The summed E-state index contributed by atoms with van der Waals surface area (Å²) in [5.74, 6) is 1.18. The van der Waals surface area contributed by atoms with Gasteiger partial charge in [-0.05, 0) is 36.8 Å². The van der Waals surface area contributed by atoms with Crippen LogP contribution in [-0.4, -0.2) is 54.5 Å². The number of H-pyrrole nitrogens is 1. The van der Waals surface area contributed by atoms with Gasteiger partial charge < -0.3 is 20.5 Å². The molecule has 1 saturated heterocycles. The van der Waals surface area contributed by atoms with Crippen LogP contribution in [0.25, 0.3) is 10.9 Å². The van der Waals surface area contributed by atoms with Crippen molar-refractivity contribution in [3.8, 4) is 0 Å². The number of fused-ring (bicyclic) bond motifs is 1. The second-order valence-corrected chi connectivity index (χ2v) is 8.15. The van der Waals surface area contributed by atoms with E-state index < -0.39 is 0 Å². The number of rotatable bonds is 6. The monoisotopic (exact) mass is 525 g/mol. The zero-order valence-electron chi connectivity index (χ0n) is 18.6. The van der Waals surface area contributed by atoms with Gasteiger partial charge in [0, 0.05) is 55.7 Å². The fraction of sp³-hybridized carbons (Fsp3) is 0.565. The molecular formula is C23H36IN5O. The Kier molecular flexibility index (Phi) is 9.45. The van der Waals surface area contributed by atoms with E-state index in [-0.39, 0.29) is 35.8 Å². The minimum atomic E-state index is 0. The van der Waals surface area contributed by atoms with Crippen LogP contribution in [0.4, 0.5) is 0 Å². The third kappa shape index (κ3) is 5.89. The molecule has 0 radical (unpaired) electrons. The Balaban J connectivity index is 0.00000320. The standard InChI is InChI=1S/C23H35N5O.HI/c1-5-17-7-6-8-20-18(15-26-21(17)20)9-12-25-23(24-4)27-19-10-13-28(14-11-19)22(29)16(2)3;/h6-8,15-16,19,26H,5,9-14H2,1-4H3,(H2,24,25,27);1H. The number of carbonyl (C=O) groups is 1. The molecule has 166 valence electrons. The molecule has 0 bridgehead atoms. The molecule has 1 aromatic carbocycles. The molecule has 0 atom stereocenters. The van der Waals surface area contributed by atoms with Crippen molar-refractivity contribution in [1.82, 2.24) is 20.5 Å². The summed E-state index contributed by atoms with van der Waals surface area (Å²) in [5, 5.41) is 8.28. The van der Waals surface area contributed by atoms with Gasteiger partial charge in [0.25, 0.3) is 0 Å². The van der Waals surface area contributed by atoms with E-state index in [9.17, 15) is 4.79 Å². The average Bonchev–Trinajstić information content (AvgIpc) is 3.16. The van der Waals surface area contributed by atoms with Gasteiger partial charge in [0.1, 0.15) is 0 Å². The first-order valence-electron chi connectivity index (χ1n) is 10.9. The summed E-state index contributed by atoms with van der Waals surface area (Å²) in [7, 11) is 1.81. The van der Waals surface area contributed by atoms with Crippen molar-refractivity contribution in [2.24, 2.45) is 10.9 Å². The number of aromatic amines is 1. The predicted molar refractivity (Wildman–Crippen MR) is 136 cm³/mol. The molecule has 0 saturated carbocycles. The van der Waals surface area contributed by atoms with E-state index in [2.05, 4.69) is 51.9 Å². The molecule has 0 unspecified atom stereocenters. The van der Waals surface area contributed by atoms with Crippen LogP contribution in [0.3, 0.4) is 0 Å². The molecule has 1 amide bonds. The fourth-order valence-corrected chi connectivity index (χ4v) is 4.09. The van der Waals surface area contributed by atoms with Crippen LogP contribution in [0.15, 0.2) is 29.4 Å². The van der Waals surface area contributed by atoms with Crippen molar-refractivity contribution in [1.29, 1.82) is 0 Å². The van der Waals surface area contributed by atoms with Crippen LogP contribution in [0, 0.1) is 5.92 Å². The van der Waals surface area contributed by atoms with Gasteiger partial charge in [-0.2, -0.15) is 0 Å². The number of para-hydroxylation sites is 1. The van der Waals surface area contributed by atoms with Crippen LogP contribution in [0.5, 0.6) is 0 Å². The predicted octanol–water partition coefficient (Wildman–Crippen LogP) is 3.70. The topological polar surface area (TPSA) is 72.5 Å². The molecule has 7 heteroatoms. The molecule has 2 heterocycles. The molecule has 3 N–H and O–H groups in total. The first kappa shape index (κ1) is 24.5. The smallest absolute Gasteiger partial charge is 0.225 e. The number of amides is 1. The zero-order valence-corrected chi connectivity index (χ0v) is 21.0. The zero-order chi connectivity index (χ0) is 20.8. The number of hydrogen-bond donors (Lipinski definition) is 3. The number of aliphatic imine (C=N–C) groups is 1. The Morgan fingerprint density at radius 2 is 2.00 bits per heavy atom. The number of aromatic nitrogens is 1. The lowest BCUT2D eigenvalue weighted by atomic mass is 10.0. The van der Waals surface area contributed by atoms with Crippen LogP contribution in [0.1, 0.15) is 44.7 Å². The Hall–Kier alpha value is -1.77. The van der Waals surface area contributed by atoms with Gasteiger partial charge in [0.15, 0.2) is 5.96 Å². The summed E-state index contributed by atoms with van der Waals surface area (Å²) >= 11 is 0. The molecule has 1 aliphatic heterocycles. The number of carbonyl (C=O) groups excluding carboxylic acids is 1. The lowest BCUT2D eigenvalue weighted by molar-refractivity contribution is -0.135. The summed E-state index contributed by atoms with van der Waals surface area (Å²) in [6, 6.07) is 6.88. The van der Waals surface area contributed by atoms with E-state index in [1.807, 2.05) is 25.8 Å². The number of hydrogen-bond acceptors (Lipinski definition) is 2. The number of piperidine rings is 1.